The summed E-state index contributed by atoms with van der Waals surface area (Å²) in [5.41, 5.74) is 2.40. The van der Waals surface area contributed by atoms with Crippen molar-refractivity contribution in [1.82, 2.24) is 0 Å². The maximum Gasteiger partial charge on any atom is 0.0640 e. The Kier molecular flexibility index (Phi) is 5.86. The van der Waals surface area contributed by atoms with Crippen LogP contribution in [0.5, 0.6) is 0 Å². The van der Waals surface area contributed by atoms with Crippen LogP contribution in [0.3, 0.4) is 0 Å². The molecule has 0 fully saturated rings. The number of hydrogen-bond donors (Lipinski definition) is 0. The Balaban J connectivity index is 2.85. The minimum absolute atomic E-state index is 0.561. The molecule has 0 aliphatic rings. The molecule has 0 aliphatic carbocycles. The molecule has 0 spiro atoms. The highest BCUT2D eigenvalue weighted by atomic mass is 79.9. The molecule has 0 bridgehead atoms. The zero-order chi connectivity index (χ0) is 12.0. The maximum absolute atomic E-state index is 8.60. The van der Waals surface area contributed by atoms with Crippen LogP contribution in [0.25, 0.3) is 0 Å². The van der Waals surface area contributed by atoms with E-state index in [-0.39, 0.29) is 0 Å². The summed E-state index contributed by atoms with van der Waals surface area (Å²) < 4.78 is 1.11. The quantitative estimate of drug-likeness (QED) is 0.751. The van der Waals surface area contributed by atoms with Crippen LogP contribution < -0.4 is 4.90 Å². The summed E-state index contributed by atoms with van der Waals surface area (Å²) in [6.45, 7) is 3.80. The molecule has 86 valence electrons. The number of rotatable bonds is 5. The van der Waals surface area contributed by atoms with Crippen LogP contribution in [-0.4, -0.2) is 13.1 Å². The molecule has 0 aliphatic heterocycles. The fourth-order valence-electron chi connectivity index (χ4n) is 1.50. The van der Waals surface area contributed by atoms with Crippen LogP contribution in [0.2, 0.25) is 0 Å². The molecule has 0 unspecified atom stereocenters. The van der Waals surface area contributed by atoms with E-state index in [1.165, 1.54) is 5.56 Å². The SMILES string of the molecule is CCN(CCC#N)c1ccc(CBr)c(Br)c1. The number of alkyl halides is 1. The number of nitrogens with zero attached hydrogens (tertiary/aromatic N) is 2. The second-order valence-corrected chi connectivity index (χ2v) is 4.81. The molecule has 0 N–H and O–H groups in total. The first-order valence-electron chi connectivity index (χ1n) is 5.19. The Labute approximate surface area is 114 Å². The molecule has 0 saturated heterocycles. The topological polar surface area (TPSA) is 27.0 Å². The van der Waals surface area contributed by atoms with Crippen molar-refractivity contribution < 1.29 is 0 Å². The first kappa shape index (κ1) is 13.5. The molecular weight excluding hydrogens is 332 g/mol. The lowest BCUT2D eigenvalue weighted by atomic mass is 10.2. The van der Waals surface area contributed by atoms with Crippen LogP contribution in [-0.2, 0) is 5.33 Å². The highest BCUT2D eigenvalue weighted by Gasteiger charge is 2.06. The molecule has 4 heteroatoms. The zero-order valence-corrected chi connectivity index (χ0v) is 12.4. The smallest absolute Gasteiger partial charge is 0.0640 e. The molecule has 1 aromatic rings. The van der Waals surface area contributed by atoms with E-state index in [9.17, 15) is 0 Å². The van der Waals surface area contributed by atoms with E-state index in [1.807, 2.05) is 0 Å². The molecule has 0 amide bonds. The third kappa shape index (κ3) is 3.50. The van der Waals surface area contributed by atoms with Gasteiger partial charge in [-0.05, 0) is 24.6 Å². The largest absolute Gasteiger partial charge is 0.371 e. The lowest BCUT2D eigenvalue weighted by Crippen LogP contribution is -2.23. The van der Waals surface area contributed by atoms with Gasteiger partial charge in [-0.2, -0.15) is 5.26 Å². The van der Waals surface area contributed by atoms with Crippen molar-refractivity contribution in [2.45, 2.75) is 18.7 Å². The van der Waals surface area contributed by atoms with Crippen LogP contribution in [0.1, 0.15) is 18.9 Å². The average Bonchev–Trinajstić information content (AvgIpc) is 2.30. The van der Waals surface area contributed by atoms with E-state index < -0.39 is 0 Å². The number of halogens is 2. The Hall–Kier alpha value is -0.530. The fraction of sp³-hybridized carbons (Fsp3) is 0.417. The lowest BCUT2D eigenvalue weighted by molar-refractivity contribution is 0.826. The normalized spacial score (nSPS) is 9.88. The molecule has 0 aromatic heterocycles. The third-order valence-electron chi connectivity index (χ3n) is 2.42. The van der Waals surface area contributed by atoms with E-state index in [0.717, 1.165) is 28.6 Å². The van der Waals surface area contributed by atoms with Gasteiger partial charge in [0, 0.05) is 28.6 Å². The van der Waals surface area contributed by atoms with Gasteiger partial charge in [0.2, 0.25) is 0 Å². The molecule has 0 radical (unpaired) electrons. The first-order valence-corrected chi connectivity index (χ1v) is 7.10. The van der Waals surface area contributed by atoms with Gasteiger partial charge in [-0.3, -0.25) is 0 Å². The van der Waals surface area contributed by atoms with E-state index in [1.54, 1.807) is 0 Å². The van der Waals surface area contributed by atoms with Crippen molar-refractivity contribution >= 4 is 37.5 Å². The van der Waals surface area contributed by atoms with Crippen molar-refractivity contribution in [3.63, 3.8) is 0 Å². The van der Waals surface area contributed by atoms with E-state index in [2.05, 4.69) is 68.0 Å². The summed E-state index contributed by atoms with van der Waals surface area (Å²) >= 11 is 6.99. The molecule has 0 atom stereocenters. The zero-order valence-electron chi connectivity index (χ0n) is 9.21. The summed E-state index contributed by atoms with van der Waals surface area (Å²) in [4.78, 5) is 2.20. The number of benzene rings is 1. The molecule has 0 heterocycles. The molecule has 1 rings (SSSR count). The van der Waals surface area contributed by atoms with Gasteiger partial charge >= 0.3 is 0 Å². The number of anilines is 1. The van der Waals surface area contributed by atoms with Crippen molar-refractivity contribution in [1.29, 1.82) is 5.26 Å². The lowest BCUT2D eigenvalue weighted by Gasteiger charge is -2.22. The van der Waals surface area contributed by atoms with Gasteiger partial charge in [0.1, 0.15) is 0 Å². The summed E-state index contributed by atoms with van der Waals surface area (Å²) in [6, 6.07) is 8.49. The van der Waals surface area contributed by atoms with Crippen molar-refractivity contribution in [2.75, 3.05) is 18.0 Å². The summed E-state index contributed by atoms with van der Waals surface area (Å²) in [6.07, 6.45) is 0.561. The van der Waals surface area contributed by atoms with Crippen molar-refractivity contribution in [3.05, 3.63) is 28.2 Å². The van der Waals surface area contributed by atoms with Crippen LogP contribution in [0, 0.1) is 11.3 Å². The van der Waals surface area contributed by atoms with Crippen LogP contribution >= 0.6 is 31.9 Å². The molecule has 16 heavy (non-hydrogen) atoms. The predicted molar refractivity (Wildman–Crippen MR) is 74.9 cm³/mol. The molecule has 0 saturated carbocycles. The van der Waals surface area contributed by atoms with Gasteiger partial charge in [-0.15, -0.1) is 0 Å². The number of nitriles is 1. The first-order chi connectivity index (χ1) is 7.72. The molecule has 2 nitrogen and oxygen atoms in total. The monoisotopic (exact) mass is 344 g/mol. The van der Waals surface area contributed by atoms with Crippen LogP contribution in [0.15, 0.2) is 22.7 Å². The Morgan fingerprint density at radius 3 is 2.69 bits per heavy atom. The highest BCUT2D eigenvalue weighted by Crippen LogP contribution is 2.25. The van der Waals surface area contributed by atoms with Crippen molar-refractivity contribution in [2.24, 2.45) is 0 Å². The summed E-state index contributed by atoms with van der Waals surface area (Å²) in [5.74, 6) is 0. The van der Waals surface area contributed by atoms with Crippen molar-refractivity contribution in [3.8, 4) is 6.07 Å². The molecular formula is C12H14Br2N2. The summed E-state index contributed by atoms with van der Waals surface area (Å²) in [7, 11) is 0. The van der Waals surface area contributed by atoms with Gasteiger partial charge in [0.15, 0.2) is 0 Å². The van der Waals surface area contributed by atoms with E-state index in [4.69, 9.17) is 5.26 Å². The second kappa shape index (κ2) is 6.93. The minimum atomic E-state index is 0.561. The molecule has 1 aromatic carbocycles. The fourth-order valence-corrected chi connectivity index (χ4v) is 2.87. The Morgan fingerprint density at radius 2 is 2.19 bits per heavy atom. The summed E-state index contributed by atoms with van der Waals surface area (Å²) in [5, 5.41) is 9.45. The maximum atomic E-state index is 8.60. The van der Waals surface area contributed by atoms with Gasteiger partial charge < -0.3 is 4.90 Å². The second-order valence-electron chi connectivity index (χ2n) is 3.40. The van der Waals surface area contributed by atoms with Gasteiger partial charge in [-0.25, -0.2) is 0 Å². The Bertz CT molecular complexity index is 385. The third-order valence-corrected chi connectivity index (χ3v) is 3.76. The average molecular weight is 346 g/mol. The Morgan fingerprint density at radius 1 is 1.44 bits per heavy atom. The van der Waals surface area contributed by atoms with E-state index >= 15 is 0 Å². The predicted octanol–water partition coefficient (Wildman–Crippen LogP) is 4.08. The van der Waals surface area contributed by atoms with Crippen LogP contribution in [0.4, 0.5) is 5.69 Å². The number of hydrogen-bond acceptors (Lipinski definition) is 2. The van der Waals surface area contributed by atoms with Gasteiger partial charge in [0.05, 0.1) is 12.5 Å². The van der Waals surface area contributed by atoms with E-state index in [0.29, 0.717) is 6.42 Å². The van der Waals surface area contributed by atoms with Gasteiger partial charge in [-0.1, -0.05) is 37.9 Å². The highest BCUT2D eigenvalue weighted by molar-refractivity contribution is 9.10. The standard InChI is InChI=1S/C12H14Br2N2/c1-2-16(7-3-6-15)11-5-4-10(9-13)12(14)8-11/h4-5,8H,2-3,7,9H2,1H3. The van der Waals surface area contributed by atoms with Gasteiger partial charge in [0.25, 0.3) is 0 Å². The minimum Gasteiger partial charge on any atom is -0.371 e.